The molecule has 0 aliphatic carbocycles. The lowest BCUT2D eigenvalue weighted by Gasteiger charge is -2.22. The van der Waals surface area contributed by atoms with Gasteiger partial charge < -0.3 is 10.6 Å². The van der Waals surface area contributed by atoms with E-state index in [1.807, 2.05) is 0 Å². The van der Waals surface area contributed by atoms with Crippen LogP contribution in [-0.2, 0) is 9.63 Å². The highest BCUT2D eigenvalue weighted by Crippen LogP contribution is 2.02. The number of nitrogens with one attached hydrogen (secondary N) is 3. The first kappa shape index (κ1) is 9.79. The second kappa shape index (κ2) is 4.66. The van der Waals surface area contributed by atoms with Crippen LogP contribution in [0.3, 0.4) is 0 Å². The molecule has 6 heteroatoms. The van der Waals surface area contributed by atoms with Crippen molar-refractivity contribution in [2.75, 3.05) is 13.7 Å². The third-order valence-corrected chi connectivity index (χ3v) is 1.79. The van der Waals surface area contributed by atoms with E-state index in [-0.39, 0.29) is 5.91 Å². The third kappa shape index (κ3) is 2.90. The molecule has 0 saturated carbocycles. The Labute approximate surface area is 76.0 Å². The number of hydrogen-bond acceptors (Lipinski definition) is 3. The zero-order valence-electron chi connectivity index (χ0n) is 7.42. The molecule has 0 aromatic carbocycles. The smallest absolute Gasteiger partial charge is 0.339 e. The van der Waals surface area contributed by atoms with E-state index in [1.165, 1.54) is 7.11 Å². The summed E-state index contributed by atoms with van der Waals surface area (Å²) in [5.41, 5.74) is 2.08. The fraction of sp³-hybridized carbons (Fsp3) is 0.714. The van der Waals surface area contributed by atoms with Gasteiger partial charge in [-0.2, -0.15) is 0 Å². The van der Waals surface area contributed by atoms with Crippen LogP contribution in [0.1, 0.15) is 12.8 Å². The topological polar surface area (TPSA) is 79.5 Å². The van der Waals surface area contributed by atoms with Crippen LogP contribution in [0.25, 0.3) is 0 Å². The van der Waals surface area contributed by atoms with Gasteiger partial charge >= 0.3 is 6.03 Å². The second-order valence-corrected chi connectivity index (χ2v) is 2.77. The zero-order valence-corrected chi connectivity index (χ0v) is 7.42. The van der Waals surface area contributed by atoms with E-state index in [4.69, 9.17) is 0 Å². The highest BCUT2D eigenvalue weighted by Gasteiger charge is 2.23. The lowest BCUT2D eigenvalue weighted by atomic mass is 10.1. The fourth-order valence-electron chi connectivity index (χ4n) is 1.19. The molecule has 3 amide bonds. The Balaban J connectivity index is 2.33. The minimum atomic E-state index is -0.496. The summed E-state index contributed by atoms with van der Waals surface area (Å²) >= 11 is 0. The maximum atomic E-state index is 11.1. The molecule has 13 heavy (non-hydrogen) atoms. The van der Waals surface area contributed by atoms with E-state index >= 15 is 0 Å². The minimum Gasteiger partial charge on any atom is -0.354 e. The molecule has 0 radical (unpaired) electrons. The highest BCUT2D eigenvalue weighted by atomic mass is 16.6. The van der Waals surface area contributed by atoms with E-state index in [2.05, 4.69) is 21.0 Å². The van der Waals surface area contributed by atoms with Crippen LogP contribution in [0, 0.1) is 0 Å². The molecule has 1 rings (SSSR count). The van der Waals surface area contributed by atoms with Gasteiger partial charge in [-0.25, -0.2) is 10.3 Å². The predicted octanol–water partition coefficient (Wildman–Crippen LogP) is -0.874. The summed E-state index contributed by atoms with van der Waals surface area (Å²) in [5, 5.41) is 5.14. The van der Waals surface area contributed by atoms with Crippen LogP contribution in [0.15, 0.2) is 0 Å². The molecule has 74 valence electrons. The SMILES string of the molecule is CONC(=O)NC1CCCNC1=O. The summed E-state index contributed by atoms with van der Waals surface area (Å²) in [4.78, 5) is 26.5. The largest absolute Gasteiger partial charge is 0.354 e. The lowest BCUT2D eigenvalue weighted by Crippen LogP contribution is -2.52. The lowest BCUT2D eigenvalue weighted by molar-refractivity contribution is -0.124. The molecular weight excluding hydrogens is 174 g/mol. The maximum absolute atomic E-state index is 11.1. The average Bonchev–Trinajstić information content (AvgIpc) is 2.09. The first-order chi connectivity index (χ1) is 6.24. The summed E-state index contributed by atoms with van der Waals surface area (Å²) in [7, 11) is 1.33. The van der Waals surface area contributed by atoms with Crippen LogP contribution in [0.4, 0.5) is 4.79 Å². The number of carbonyl (C=O) groups excluding carboxylic acids is 2. The first-order valence-corrected chi connectivity index (χ1v) is 4.11. The van der Waals surface area contributed by atoms with E-state index in [0.717, 1.165) is 6.42 Å². The predicted molar refractivity (Wildman–Crippen MR) is 44.7 cm³/mol. The van der Waals surface area contributed by atoms with Gasteiger partial charge in [0, 0.05) is 6.54 Å². The van der Waals surface area contributed by atoms with Gasteiger partial charge in [-0.15, -0.1) is 0 Å². The van der Waals surface area contributed by atoms with Crippen LogP contribution >= 0.6 is 0 Å². The monoisotopic (exact) mass is 187 g/mol. The van der Waals surface area contributed by atoms with Crippen molar-refractivity contribution >= 4 is 11.9 Å². The van der Waals surface area contributed by atoms with E-state index < -0.39 is 12.1 Å². The number of rotatable bonds is 2. The molecule has 3 N–H and O–H groups in total. The Bertz CT molecular complexity index is 207. The molecule has 1 fully saturated rings. The Morgan fingerprint density at radius 2 is 2.46 bits per heavy atom. The number of urea groups is 1. The van der Waals surface area contributed by atoms with E-state index in [9.17, 15) is 9.59 Å². The van der Waals surface area contributed by atoms with Crippen molar-refractivity contribution in [3.05, 3.63) is 0 Å². The van der Waals surface area contributed by atoms with Crippen molar-refractivity contribution in [2.45, 2.75) is 18.9 Å². The molecule has 1 heterocycles. The maximum Gasteiger partial charge on any atom is 0.339 e. The van der Waals surface area contributed by atoms with Gasteiger partial charge in [0.05, 0.1) is 7.11 Å². The Hall–Kier alpha value is -1.30. The number of hydrogen-bond donors (Lipinski definition) is 3. The molecule has 1 aliphatic rings. The van der Waals surface area contributed by atoms with Gasteiger partial charge in [0.25, 0.3) is 0 Å². The first-order valence-electron chi connectivity index (χ1n) is 4.11. The van der Waals surface area contributed by atoms with Gasteiger partial charge in [-0.3, -0.25) is 9.63 Å². The number of piperidine rings is 1. The van der Waals surface area contributed by atoms with Gasteiger partial charge in [0.2, 0.25) is 5.91 Å². The standard InChI is InChI=1S/C7H13N3O3/c1-13-10-7(12)9-5-3-2-4-8-6(5)11/h5H,2-4H2,1H3,(H,8,11)(H2,9,10,12). The second-order valence-electron chi connectivity index (χ2n) is 2.77. The molecule has 1 aliphatic heterocycles. The van der Waals surface area contributed by atoms with Crippen LogP contribution < -0.4 is 16.1 Å². The average molecular weight is 187 g/mol. The summed E-state index contributed by atoms with van der Waals surface area (Å²) in [6.45, 7) is 0.683. The Morgan fingerprint density at radius 3 is 3.08 bits per heavy atom. The van der Waals surface area contributed by atoms with Gasteiger partial charge in [-0.1, -0.05) is 0 Å². The van der Waals surface area contributed by atoms with Crippen molar-refractivity contribution < 1.29 is 14.4 Å². The molecule has 0 aromatic heterocycles. The van der Waals surface area contributed by atoms with Crippen molar-refractivity contribution in [3.63, 3.8) is 0 Å². The molecule has 0 spiro atoms. The van der Waals surface area contributed by atoms with Crippen LogP contribution in [0.5, 0.6) is 0 Å². The van der Waals surface area contributed by atoms with Gasteiger partial charge in [0.1, 0.15) is 6.04 Å². The molecule has 1 atom stereocenters. The number of hydroxylamine groups is 1. The van der Waals surface area contributed by atoms with Crippen molar-refractivity contribution in [3.8, 4) is 0 Å². The molecule has 1 saturated heterocycles. The minimum absolute atomic E-state index is 0.141. The van der Waals surface area contributed by atoms with Crippen molar-refractivity contribution in [1.82, 2.24) is 16.1 Å². The Morgan fingerprint density at radius 1 is 1.69 bits per heavy atom. The Kier molecular flexibility index (Phi) is 3.51. The van der Waals surface area contributed by atoms with E-state index in [0.29, 0.717) is 13.0 Å². The number of carbonyl (C=O) groups is 2. The van der Waals surface area contributed by atoms with E-state index in [1.54, 1.807) is 0 Å². The molecule has 1 unspecified atom stereocenters. The fourth-order valence-corrected chi connectivity index (χ4v) is 1.19. The van der Waals surface area contributed by atoms with Crippen molar-refractivity contribution in [2.24, 2.45) is 0 Å². The van der Waals surface area contributed by atoms with Gasteiger partial charge in [-0.05, 0) is 12.8 Å². The molecule has 6 nitrogen and oxygen atoms in total. The van der Waals surface area contributed by atoms with Crippen LogP contribution in [-0.4, -0.2) is 31.6 Å². The quantitative estimate of drug-likeness (QED) is 0.491. The normalized spacial score (nSPS) is 21.9. The molecule has 0 aromatic rings. The highest BCUT2D eigenvalue weighted by molar-refractivity contribution is 5.87. The molecular formula is C7H13N3O3. The summed E-state index contributed by atoms with van der Waals surface area (Å²) in [6, 6.07) is -0.937. The van der Waals surface area contributed by atoms with Crippen LogP contribution in [0.2, 0.25) is 0 Å². The summed E-state index contributed by atoms with van der Waals surface area (Å²) in [6.07, 6.45) is 1.55. The third-order valence-electron chi connectivity index (χ3n) is 1.79. The number of amides is 3. The van der Waals surface area contributed by atoms with Gasteiger partial charge in [0.15, 0.2) is 0 Å². The molecule has 0 bridgehead atoms. The summed E-state index contributed by atoms with van der Waals surface area (Å²) < 4.78 is 0. The summed E-state index contributed by atoms with van der Waals surface area (Å²) in [5.74, 6) is -0.141. The van der Waals surface area contributed by atoms with Crippen molar-refractivity contribution in [1.29, 1.82) is 0 Å². The zero-order chi connectivity index (χ0) is 9.68.